The van der Waals surface area contributed by atoms with E-state index in [1.165, 1.54) is 16.7 Å². The lowest BCUT2D eigenvalue weighted by Gasteiger charge is -2.16. The van der Waals surface area contributed by atoms with Crippen molar-refractivity contribution in [1.82, 2.24) is 30.7 Å². The molecule has 0 amide bonds. The van der Waals surface area contributed by atoms with Crippen molar-refractivity contribution in [3.05, 3.63) is 71.6 Å². The third-order valence-corrected chi connectivity index (χ3v) is 5.80. The second kappa shape index (κ2) is 6.56. The molecule has 6 rings (SSSR count). The summed E-state index contributed by atoms with van der Waals surface area (Å²) in [4.78, 5) is 4.75. The zero-order chi connectivity index (χ0) is 19.2. The Hall–Kier alpha value is -3.45. The molecule has 1 aliphatic carbocycles. The molecule has 7 nitrogen and oxygen atoms in total. The Morgan fingerprint density at radius 3 is 3.00 bits per heavy atom. The fourth-order valence-electron chi connectivity index (χ4n) is 4.29. The van der Waals surface area contributed by atoms with Crippen LogP contribution in [0.15, 0.2) is 60.1 Å². The van der Waals surface area contributed by atoms with Crippen molar-refractivity contribution in [3.63, 3.8) is 0 Å². The summed E-state index contributed by atoms with van der Waals surface area (Å²) < 4.78 is 5.33. The van der Waals surface area contributed by atoms with Crippen molar-refractivity contribution >= 4 is 16.5 Å². The molecule has 3 aromatic rings. The van der Waals surface area contributed by atoms with E-state index in [4.69, 9.17) is 9.72 Å². The normalized spacial score (nSPS) is 20.8. The summed E-state index contributed by atoms with van der Waals surface area (Å²) in [6, 6.07) is 6.41. The quantitative estimate of drug-likeness (QED) is 0.596. The van der Waals surface area contributed by atoms with E-state index in [0.717, 1.165) is 53.8 Å². The van der Waals surface area contributed by atoms with Crippen molar-refractivity contribution < 1.29 is 4.74 Å². The molecule has 0 radical (unpaired) electrons. The highest BCUT2D eigenvalue weighted by molar-refractivity contribution is 5.95. The zero-order valence-corrected chi connectivity index (χ0v) is 15.8. The van der Waals surface area contributed by atoms with Gasteiger partial charge in [-0.3, -0.25) is 10.2 Å². The highest BCUT2D eigenvalue weighted by Crippen LogP contribution is 2.41. The first-order valence-electron chi connectivity index (χ1n) is 9.91. The molecule has 0 fully saturated rings. The fraction of sp³-hybridized carbons (Fsp3) is 0.227. The molecule has 1 aromatic carbocycles. The Bertz CT molecular complexity index is 1230. The molecule has 3 aliphatic rings. The number of fused-ring (bicyclic) bond motifs is 2. The van der Waals surface area contributed by atoms with E-state index in [9.17, 15) is 0 Å². The summed E-state index contributed by atoms with van der Waals surface area (Å²) in [6.07, 6.45) is 12.8. The maximum Gasteiger partial charge on any atom is 0.181 e. The van der Waals surface area contributed by atoms with Crippen LogP contribution in [0.3, 0.4) is 0 Å². The van der Waals surface area contributed by atoms with Crippen LogP contribution in [0, 0.1) is 0 Å². The van der Waals surface area contributed by atoms with Gasteiger partial charge in [0.1, 0.15) is 5.82 Å². The number of nitrogens with one attached hydrogen (secondary N) is 3. The van der Waals surface area contributed by atoms with Crippen molar-refractivity contribution in [1.29, 1.82) is 0 Å². The first-order chi connectivity index (χ1) is 14.4. The Balaban J connectivity index is 1.40. The molecule has 0 saturated heterocycles. The number of allylic oxidation sites excluding steroid dienone is 4. The van der Waals surface area contributed by atoms with Crippen LogP contribution < -0.4 is 5.32 Å². The Morgan fingerprint density at radius 2 is 2.07 bits per heavy atom. The second-order valence-corrected chi connectivity index (χ2v) is 7.52. The van der Waals surface area contributed by atoms with Crippen LogP contribution in [-0.2, 0) is 4.74 Å². The molecule has 7 heteroatoms. The monoisotopic (exact) mass is 384 g/mol. The van der Waals surface area contributed by atoms with E-state index in [1.807, 2.05) is 18.4 Å². The lowest BCUT2D eigenvalue weighted by Crippen LogP contribution is -2.24. The van der Waals surface area contributed by atoms with Crippen LogP contribution in [-0.4, -0.2) is 31.9 Å². The first kappa shape index (κ1) is 16.5. The van der Waals surface area contributed by atoms with Gasteiger partial charge in [0.2, 0.25) is 0 Å². The SMILES string of the molecule is C1=CC[C@H](c2nc(-c3ccc4[nH]nc(C5=C6C=COC=C6CC5)c4c3)n[nH]2)NC1. The van der Waals surface area contributed by atoms with Crippen LogP contribution in [0.2, 0.25) is 0 Å². The topological polar surface area (TPSA) is 91.5 Å². The second-order valence-electron chi connectivity index (χ2n) is 7.52. The molecular weight excluding hydrogens is 364 g/mol. The molecule has 4 heterocycles. The molecule has 29 heavy (non-hydrogen) atoms. The van der Waals surface area contributed by atoms with E-state index in [-0.39, 0.29) is 6.04 Å². The number of nitrogens with zero attached hydrogens (tertiary/aromatic N) is 3. The average molecular weight is 384 g/mol. The van der Waals surface area contributed by atoms with Gasteiger partial charge in [-0.05, 0) is 60.3 Å². The number of aromatic nitrogens is 5. The molecule has 144 valence electrons. The number of rotatable bonds is 3. The van der Waals surface area contributed by atoms with Crippen molar-refractivity contribution in [2.24, 2.45) is 0 Å². The highest BCUT2D eigenvalue weighted by Gasteiger charge is 2.25. The van der Waals surface area contributed by atoms with E-state index in [0.29, 0.717) is 5.82 Å². The smallest absolute Gasteiger partial charge is 0.181 e. The molecule has 2 aliphatic heterocycles. The van der Waals surface area contributed by atoms with Gasteiger partial charge in [0.25, 0.3) is 0 Å². The number of H-pyrrole nitrogens is 2. The van der Waals surface area contributed by atoms with Crippen LogP contribution in [0.5, 0.6) is 0 Å². The average Bonchev–Trinajstić information content (AvgIpc) is 3.51. The lowest BCUT2D eigenvalue weighted by molar-refractivity contribution is 0.393. The van der Waals surface area contributed by atoms with Crippen molar-refractivity contribution in [2.75, 3.05) is 6.54 Å². The van der Waals surface area contributed by atoms with Gasteiger partial charge in [0, 0.05) is 17.5 Å². The number of ether oxygens (including phenoxy) is 1. The van der Waals surface area contributed by atoms with Crippen LogP contribution >= 0.6 is 0 Å². The Labute approximate surface area is 167 Å². The van der Waals surface area contributed by atoms with Gasteiger partial charge in [-0.25, -0.2) is 4.98 Å². The molecule has 0 bridgehead atoms. The minimum atomic E-state index is 0.186. The fourth-order valence-corrected chi connectivity index (χ4v) is 4.29. The Morgan fingerprint density at radius 1 is 1.07 bits per heavy atom. The predicted octanol–water partition coefficient (Wildman–Crippen LogP) is 3.91. The number of hydrogen-bond donors (Lipinski definition) is 3. The lowest BCUT2D eigenvalue weighted by atomic mass is 10.0. The van der Waals surface area contributed by atoms with Gasteiger partial charge >= 0.3 is 0 Å². The van der Waals surface area contributed by atoms with Crippen molar-refractivity contribution in [2.45, 2.75) is 25.3 Å². The van der Waals surface area contributed by atoms with Crippen LogP contribution in [0.25, 0.3) is 27.9 Å². The minimum absolute atomic E-state index is 0.186. The summed E-state index contributed by atoms with van der Waals surface area (Å²) in [5.41, 5.74) is 6.72. The van der Waals surface area contributed by atoms with E-state index < -0.39 is 0 Å². The Kier molecular flexibility index (Phi) is 3.73. The molecule has 0 saturated carbocycles. The molecule has 1 atom stereocenters. The van der Waals surface area contributed by atoms with Crippen LogP contribution in [0.4, 0.5) is 0 Å². The molecule has 0 spiro atoms. The molecule has 3 N–H and O–H groups in total. The summed E-state index contributed by atoms with van der Waals surface area (Å²) in [6.45, 7) is 0.860. The predicted molar refractivity (Wildman–Crippen MR) is 110 cm³/mol. The van der Waals surface area contributed by atoms with E-state index >= 15 is 0 Å². The van der Waals surface area contributed by atoms with E-state index in [1.54, 1.807) is 6.26 Å². The molecular formula is C22H20N6O. The third kappa shape index (κ3) is 2.74. The summed E-state index contributed by atoms with van der Waals surface area (Å²) >= 11 is 0. The maximum absolute atomic E-state index is 5.33. The number of aromatic amines is 2. The van der Waals surface area contributed by atoms with Gasteiger partial charge in [0.05, 0.1) is 29.8 Å². The maximum atomic E-state index is 5.33. The van der Waals surface area contributed by atoms with Gasteiger partial charge < -0.3 is 10.1 Å². The van der Waals surface area contributed by atoms with E-state index in [2.05, 4.69) is 50.0 Å². The van der Waals surface area contributed by atoms with Gasteiger partial charge in [-0.2, -0.15) is 10.2 Å². The summed E-state index contributed by atoms with van der Waals surface area (Å²) in [5, 5.41) is 19.9. The molecule has 2 aromatic heterocycles. The zero-order valence-electron chi connectivity index (χ0n) is 15.8. The highest BCUT2D eigenvalue weighted by atomic mass is 16.5. The molecule has 0 unspecified atom stereocenters. The summed E-state index contributed by atoms with van der Waals surface area (Å²) in [7, 11) is 0. The minimum Gasteiger partial charge on any atom is -0.472 e. The first-order valence-corrected chi connectivity index (χ1v) is 9.91. The number of hydrogen-bond acceptors (Lipinski definition) is 5. The van der Waals surface area contributed by atoms with Crippen molar-refractivity contribution in [3.8, 4) is 11.4 Å². The largest absolute Gasteiger partial charge is 0.472 e. The van der Waals surface area contributed by atoms with Gasteiger partial charge in [0.15, 0.2) is 5.82 Å². The van der Waals surface area contributed by atoms with Gasteiger partial charge in [-0.15, -0.1) is 0 Å². The standard InChI is InChI=1S/C22H20N6O/c1-2-9-23-19(3-1)22-24-21(27-28-22)13-5-7-18-17(11-13)20(26-25-18)16-6-4-14-12-29-10-8-15(14)16/h1-2,5,7-8,10-12,19,23H,3-4,6,9H2,(H,25,26)(H,24,27,28)/t19-/m1/s1. The number of benzene rings is 1. The van der Waals surface area contributed by atoms with Crippen LogP contribution in [0.1, 0.15) is 36.8 Å². The summed E-state index contributed by atoms with van der Waals surface area (Å²) in [5.74, 6) is 1.58. The van der Waals surface area contributed by atoms with Gasteiger partial charge in [-0.1, -0.05) is 12.2 Å². The third-order valence-electron chi connectivity index (χ3n) is 5.80.